The number of unbranched alkanes of at least 4 members (excludes halogenated alkanes) is 2. The molecule has 6 nitrogen and oxygen atoms in total. The van der Waals surface area contributed by atoms with Crippen LogP contribution in [0.15, 0.2) is 27.8 Å². The molecule has 3 N–H and O–H groups in total. The summed E-state index contributed by atoms with van der Waals surface area (Å²) in [5.74, 6) is -0.185. The Balaban J connectivity index is 2.19. The van der Waals surface area contributed by atoms with Crippen molar-refractivity contribution in [3.8, 4) is 0 Å². The molecule has 106 valence electrons. The van der Waals surface area contributed by atoms with Crippen molar-refractivity contribution in [1.82, 2.24) is 15.3 Å². The number of hydrogen-bond donors (Lipinski definition) is 3. The average molecular weight is 275 g/mol. The lowest BCUT2D eigenvalue weighted by Crippen LogP contribution is -2.29. The van der Waals surface area contributed by atoms with Crippen molar-refractivity contribution in [2.45, 2.75) is 26.2 Å². The van der Waals surface area contributed by atoms with Crippen LogP contribution in [0.2, 0.25) is 0 Å². The van der Waals surface area contributed by atoms with Crippen LogP contribution in [0.4, 0.5) is 0 Å². The van der Waals surface area contributed by atoms with E-state index in [0.29, 0.717) is 23.1 Å². The fraction of sp³-hybridized carbons (Fsp3) is 0.357. The maximum Gasteiger partial charge on any atom is 0.314 e. The van der Waals surface area contributed by atoms with E-state index in [1.54, 1.807) is 18.2 Å². The van der Waals surface area contributed by atoms with Gasteiger partial charge in [-0.1, -0.05) is 19.8 Å². The summed E-state index contributed by atoms with van der Waals surface area (Å²) in [4.78, 5) is 39.3. The van der Waals surface area contributed by atoms with Crippen molar-refractivity contribution in [3.05, 3.63) is 44.5 Å². The number of amides is 1. The zero-order chi connectivity index (χ0) is 14.5. The second-order valence-corrected chi connectivity index (χ2v) is 4.63. The molecule has 0 unspecified atom stereocenters. The van der Waals surface area contributed by atoms with E-state index in [1.807, 2.05) is 0 Å². The van der Waals surface area contributed by atoms with Crippen LogP contribution < -0.4 is 16.4 Å². The fourth-order valence-electron chi connectivity index (χ4n) is 1.94. The van der Waals surface area contributed by atoms with E-state index >= 15 is 0 Å². The third-order valence-corrected chi connectivity index (χ3v) is 3.05. The number of aromatic nitrogens is 2. The van der Waals surface area contributed by atoms with Crippen LogP contribution in [-0.2, 0) is 0 Å². The van der Waals surface area contributed by atoms with E-state index in [1.165, 1.54) is 0 Å². The van der Waals surface area contributed by atoms with Crippen LogP contribution in [0.1, 0.15) is 36.5 Å². The molecule has 0 aliphatic heterocycles. The number of carbonyl (C=O) groups excluding carboxylic acids is 1. The molecule has 1 heterocycles. The number of rotatable bonds is 5. The topological polar surface area (TPSA) is 94.8 Å². The van der Waals surface area contributed by atoms with Crippen LogP contribution in [0.5, 0.6) is 0 Å². The second kappa shape index (κ2) is 6.18. The van der Waals surface area contributed by atoms with Crippen LogP contribution in [0.25, 0.3) is 11.0 Å². The minimum absolute atomic E-state index is 0.185. The van der Waals surface area contributed by atoms with Gasteiger partial charge in [0.15, 0.2) is 0 Å². The van der Waals surface area contributed by atoms with Crippen LogP contribution >= 0.6 is 0 Å². The quantitative estimate of drug-likeness (QED) is 0.564. The highest BCUT2D eigenvalue weighted by Gasteiger charge is 2.07. The second-order valence-electron chi connectivity index (χ2n) is 4.63. The summed E-state index contributed by atoms with van der Waals surface area (Å²) < 4.78 is 0. The lowest BCUT2D eigenvalue weighted by Gasteiger charge is -2.05. The van der Waals surface area contributed by atoms with Gasteiger partial charge >= 0.3 is 11.1 Å². The first-order chi connectivity index (χ1) is 9.61. The molecule has 0 fully saturated rings. The Morgan fingerprint density at radius 2 is 1.80 bits per heavy atom. The number of nitrogens with one attached hydrogen (secondary N) is 3. The first kappa shape index (κ1) is 14.0. The average Bonchev–Trinajstić information content (AvgIpc) is 2.44. The highest BCUT2D eigenvalue weighted by atomic mass is 16.2. The molecule has 0 saturated heterocycles. The van der Waals surface area contributed by atoms with E-state index in [2.05, 4.69) is 22.2 Å². The molecule has 2 aromatic rings. The van der Waals surface area contributed by atoms with Gasteiger partial charge in [-0.3, -0.25) is 14.4 Å². The molecule has 0 bridgehead atoms. The fourth-order valence-corrected chi connectivity index (χ4v) is 1.94. The minimum Gasteiger partial charge on any atom is -0.352 e. The Morgan fingerprint density at radius 1 is 1.10 bits per heavy atom. The predicted molar refractivity (Wildman–Crippen MR) is 77.0 cm³/mol. The van der Waals surface area contributed by atoms with Crippen LogP contribution in [0.3, 0.4) is 0 Å². The molecular formula is C14H17N3O3. The minimum atomic E-state index is -0.724. The van der Waals surface area contributed by atoms with Gasteiger partial charge in [0.2, 0.25) is 0 Å². The van der Waals surface area contributed by atoms with E-state index < -0.39 is 11.1 Å². The molecule has 0 radical (unpaired) electrons. The summed E-state index contributed by atoms with van der Waals surface area (Å²) >= 11 is 0. The monoisotopic (exact) mass is 275 g/mol. The predicted octanol–water partition coefficient (Wildman–Crippen LogP) is 1.14. The molecule has 0 aliphatic carbocycles. The van der Waals surface area contributed by atoms with Crippen molar-refractivity contribution in [2.24, 2.45) is 0 Å². The van der Waals surface area contributed by atoms with Crippen molar-refractivity contribution >= 4 is 16.9 Å². The van der Waals surface area contributed by atoms with Gasteiger partial charge < -0.3 is 15.3 Å². The number of carbonyl (C=O) groups is 1. The van der Waals surface area contributed by atoms with Gasteiger partial charge in [-0.25, -0.2) is 0 Å². The first-order valence-electron chi connectivity index (χ1n) is 6.66. The van der Waals surface area contributed by atoms with Crippen molar-refractivity contribution < 1.29 is 4.79 Å². The largest absolute Gasteiger partial charge is 0.352 e. The van der Waals surface area contributed by atoms with Crippen molar-refractivity contribution in [2.75, 3.05) is 6.54 Å². The summed E-state index contributed by atoms with van der Waals surface area (Å²) in [6.45, 7) is 2.73. The van der Waals surface area contributed by atoms with Gasteiger partial charge in [0.25, 0.3) is 5.91 Å². The summed E-state index contributed by atoms with van der Waals surface area (Å²) in [7, 11) is 0. The summed E-state index contributed by atoms with van der Waals surface area (Å²) in [5, 5.41) is 2.82. The zero-order valence-corrected chi connectivity index (χ0v) is 11.3. The van der Waals surface area contributed by atoms with Gasteiger partial charge in [-0.15, -0.1) is 0 Å². The standard InChI is InChI=1S/C14H17N3O3/c1-2-3-4-7-15-12(18)9-5-6-10-11(8-9)17-14(20)13(19)16-10/h5-6,8H,2-4,7H2,1H3,(H,15,18)(H,16,19)(H,17,20). The zero-order valence-electron chi connectivity index (χ0n) is 11.3. The van der Waals surface area contributed by atoms with E-state index in [9.17, 15) is 14.4 Å². The summed E-state index contributed by atoms with van der Waals surface area (Å²) in [5.41, 5.74) is -0.0306. The van der Waals surface area contributed by atoms with Gasteiger partial charge in [-0.05, 0) is 24.6 Å². The molecule has 20 heavy (non-hydrogen) atoms. The van der Waals surface area contributed by atoms with E-state index in [4.69, 9.17) is 0 Å². The van der Waals surface area contributed by atoms with Crippen LogP contribution in [-0.4, -0.2) is 22.4 Å². The lowest BCUT2D eigenvalue weighted by atomic mass is 10.1. The Kier molecular flexibility index (Phi) is 4.34. The van der Waals surface area contributed by atoms with E-state index in [0.717, 1.165) is 19.3 Å². The Hall–Kier alpha value is -2.37. The Bertz CT molecular complexity index is 730. The highest BCUT2D eigenvalue weighted by Crippen LogP contribution is 2.09. The van der Waals surface area contributed by atoms with Gasteiger partial charge in [-0.2, -0.15) is 0 Å². The molecule has 0 spiro atoms. The number of hydrogen-bond acceptors (Lipinski definition) is 3. The molecule has 0 atom stereocenters. The first-order valence-corrected chi connectivity index (χ1v) is 6.66. The third-order valence-electron chi connectivity index (χ3n) is 3.05. The van der Waals surface area contributed by atoms with Gasteiger partial charge in [0.05, 0.1) is 11.0 Å². The third kappa shape index (κ3) is 3.14. The molecule has 2 rings (SSSR count). The molecule has 1 aromatic heterocycles. The summed E-state index contributed by atoms with van der Waals surface area (Å²) in [6, 6.07) is 4.78. The van der Waals surface area contributed by atoms with E-state index in [-0.39, 0.29) is 5.91 Å². The van der Waals surface area contributed by atoms with Crippen molar-refractivity contribution in [1.29, 1.82) is 0 Å². The number of fused-ring (bicyclic) bond motifs is 1. The molecule has 0 aliphatic rings. The number of benzene rings is 1. The molecule has 0 saturated carbocycles. The summed E-state index contributed by atoms with van der Waals surface area (Å²) in [6.07, 6.45) is 3.12. The van der Waals surface area contributed by atoms with Gasteiger partial charge in [0, 0.05) is 12.1 Å². The number of H-pyrrole nitrogens is 2. The maximum absolute atomic E-state index is 11.9. The van der Waals surface area contributed by atoms with Crippen LogP contribution in [0, 0.1) is 0 Å². The molecule has 1 aromatic carbocycles. The Labute approximate surface area is 115 Å². The molecule has 6 heteroatoms. The maximum atomic E-state index is 11.9. The lowest BCUT2D eigenvalue weighted by molar-refractivity contribution is 0.0953. The van der Waals surface area contributed by atoms with Gasteiger partial charge in [0.1, 0.15) is 0 Å². The molecule has 1 amide bonds. The molecular weight excluding hydrogens is 258 g/mol. The Morgan fingerprint density at radius 3 is 2.50 bits per heavy atom. The van der Waals surface area contributed by atoms with Crippen molar-refractivity contribution in [3.63, 3.8) is 0 Å². The SMILES string of the molecule is CCCCCNC(=O)c1ccc2[nH]c(=O)c(=O)[nH]c2c1. The smallest absolute Gasteiger partial charge is 0.314 e. The normalized spacial score (nSPS) is 10.7. The number of aromatic amines is 2. The highest BCUT2D eigenvalue weighted by molar-refractivity contribution is 5.97.